The molecule has 1 saturated heterocycles. The predicted molar refractivity (Wildman–Crippen MR) is 76.1 cm³/mol. The number of hydrogen-bond donors (Lipinski definition) is 1. The predicted octanol–water partition coefficient (Wildman–Crippen LogP) is 2.76. The zero-order chi connectivity index (χ0) is 13.4. The van der Waals surface area contributed by atoms with Crippen molar-refractivity contribution in [2.75, 3.05) is 4.90 Å². The van der Waals surface area contributed by atoms with Gasteiger partial charge in [-0.15, -0.1) is 0 Å². The molecule has 0 aliphatic carbocycles. The van der Waals surface area contributed by atoms with Gasteiger partial charge in [0.25, 0.3) is 0 Å². The molecule has 3 rings (SSSR count). The summed E-state index contributed by atoms with van der Waals surface area (Å²) >= 11 is 5.87. The molecule has 0 saturated carbocycles. The summed E-state index contributed by atoms with van der Waals surface area (Å²) in [5.41, 5.74) is 7.81. The number of halogens is 1. The number of anilines is 1. The lowest BCUT2D eigenvalue weighted by molar-refractivity contribution is -0.126. The summed E-state index contributed by atoms with van der Waals surface area (Å²) in [5, 5.41) is 0.650. The van der Waals surface area contributed by atoms with Crippen molar-refractivity contribution < 1.29 is 4.79 Å². The van der Waals surface area contributed by atoms with E-state index in [1.807, 2.05) is 42.5 Å². The maximum absolute atomic E-state index is 12.0. The molecule has 1 amide bonds. The molecular weight excluding hydrogens is 260 g/mol. The van der Waals surface area contributed by atoms with Gasteiger partial charge in [-0.1, -0.05) is 41.9 Å². The number of rotatable bonds is 2. The highest BCUT2D eigenvalue weighted by molar-refractivity contribution is 6.30. The molecule has 2 aromatic carbocycles. The Kier molecular flexibility index (Phi) is 3.01. The highest BCUT2D eigenvalue weighted by Gasteiger charge is 2.46. The van der Waals surface area contributed by atoms with Crippen molar-refractivity contribution in [2.45, 2.75) is 12.1 Å². The number of carbonyl (C=O) groups is 1. The molecule has 2 aromatic rings. The number of hydrogen-bond acceptors (Lipinski definition) is 2. The Labute approximate surface area is 116 Å². The van der Waals surface area contributed by atoms with Crippen molar-refractivity contribution >= 4 is 23.2 Å². The lowest BCUT2D eigenvalue weighted by Gasteiger charge is -2.45. The van der Waals surface area contributed by atoms with Crippen molar-refractivity contribution in [2.24, 2.45) is 5.73 Å². The standard InChI is InChI=1S/C15H13ClN2O/c16-11-6-8-12(9-7-11)18-14(13(17)15(18)19)10-4-2-1-3-5-10/h1-9,13-14H,17H2/t13-,14+/m0/s1. The molecule has 1 fully saturated rings. The van der Waals surface area contributed by atoms with Crippen molar-refractivity contribution in [3.8, 4) is 0 Å². The molecule has 3 nitrogen and oxygen atoms in total. The van der Waals surface area contributed by atoms with Gasteiger partial charge in [0.2, 0.25) is 5.91 Å². The summed E-state index contributed by atoms with van der Waals surface area (Å²) in [6.07, 6.45) is 0. The molecule has 0 spiro atoms. The summed E-state index contributed by atoms with van der Waals surface area (Å²) in [4.78, 5) is 13.7. The fourth-order valence-corrected chi connectivity index (χ4v) is 2.53. The van der Waals surface area contributed by atoms with Crippen LogP contribution in [0.25, 0.3) is 0 Å². The van der Waals surface area contributed by atoms with E-state index in [1.165, 1.54) is 0 Å². The first-order chi connectivity index (χ1) is 9.18. The molecule has 0 bridgehead atoms. The first kappa shape index (κ1) is 12.2. The summed E-state index contributed by atoms with van der Waals surface area (Å²) in [6.45, 7) is 0. The van der Waals surface area contributed by atoms with E-state index >= 15 is 0 Å². The minimum Gasteiger partial charge on any atom is -0.318 e. The summed E-state index contributed by atoms with van der Waals surface area (Å²) in [6, 6.07) is 16.5. The van der Waals surface area contributed by atoms with E-state index in [-0.39, 0.29) is 11.9 Å². The SMILES string of the molecule is N[C@@H]1C(=O)N(c2ccc(Cl)cc2)[C@@H]1c1ccccc1. The molecule has 1 aliphatic heterocycles. The molecule has 96 valence electrons. The van der Waals surface area contributed by atoms with Crippen LogP contribution in [-0.2, 0) is 4.79 Å². The number of nitrogens with two attached hydrogens (primary N) is 1. The maximum Gasteiger partial charge on any atom is 0.247 e. The van der Waals surface area contributed by atoms with Crippen LogP contribution < -0.4 is 10.6 Å². The van der Waals surface area contributed by atoms with Gasteiger partial charge in [-0.2, -0.15) is 0 Å². The third-order valence-corrected chi connectivity index (χ3v) is 3.64. The molecule has 4 heteroatoms. The molecule has 1 heterocycles. The zero-order valence-corrected chi connectivity index (χ0v) is 10.9. The summed E-state index contributed by atoms with van der Waals surface area (Å²) in [7, 11) is 0. The van der Waals surface area contributed by atoms with Crippen molar-refractivity contribution in [3.63, 3.8) is 0 Å². The van der Waals surface area contributed by atoms with Gasteiger partial charge in [-0.05, 0) is 29.8 Å². The first-order valence-electron chi connectivity index (χ1n) is 6.07. The van der Waals surface area contributed by atoms with Crippen molar-refractivity contribution in [3.05, 3.63) is 65.2 Å². The largest absolute Gasteiger partial charge is 0.318 e. The van der Waals surface area contributed by atoms with E-state index in [0.717, 1.165) is 11.3 Å². The van der Waals surface area contributed by atoms with Gasteiger partial charge in [0.1, 0.15) is 6.04 Å². The third-order valence-electron chi connectivity index (χ3n) is 3.39. The average molecular weight is 273 g/mol. The fourth-order valence-electron chi connectivity index (χ4n) is 2.41. The first-order valence-corrected chi connectivity index (χ1v) is 6.45. The van der Waals surface area contributed by atoms with Crippen molar-refractivity contribution in [1.29, 1.82) is 0 Å². The van der Waals surface area contributed by atoms with Crippen LogP contribution in [0.5, 0.6) is 0 Å². The molecule has 0 aromatic heterocycles. The second-order valence-electron chi connectivity index (χ2n) is 4.57. The normalized spacial score (nSPS) is 22.2. The van der Waals surface area contributed by atoms with Crippen LogP contribution in [0.2, 0.25) is 5.02 Å². The van der Waals surface area contributed by atoms with Crippen LogP contribution in [0.4, 0.5) is 5.69 Å². The minimum atomic E-state index is -0.474. The zero-order valence-electron chi connectivity index (χ0n) is 10.2. The molecule has 2 N–H and O–H groups in total. The van der Waals surface area contributed by atoms with E-state index in [2.05, 4.69) is 0 Å². The van der Waals surface area contributed by atoms with E-state index in [1.54, 1.807) is 17.0 Å². The maximum atomic E-state index is 12.0. The molecule has 1 aliphatic rings. The molecule has 2 atom stereocenters. The Morgan fingerprint density at radius 3 is 2.26 bits per heavy atom. The second kappa shape index (κ2) is 4.68. The van der Waals surface area contributed by atoms with Gasteiger partial charge in [0, 0.05) is 10.7 Å². The molecule has 19 heavy (non-hydrogen) atoms. The molecular formula is C15H13ClN2O. The van der Waals surface area contributed by atoms with Crippen LogP contribution >= 0.6 is 11.6 Å². The number of nitrogens with zero attached hydrogens (tertiary/aromatic N) is 1. The van der Waals surface area contributed by atoms with E-state index in [4.69, 9.17) is 17.3 Å². The quantitative estimate of drug-likeness (QED) is 0.855. The molecule has 0 unspecified atom stereocenters. The monoisotopic (exact) mass is 272 g/mol. The Hall–Kier alpha value is -1.84. The average Bonchev–Trinajstić information content (AvgIpc) is 2.46. The highest BCUT2D eigenvalue weighted by Crippen LogP contribution is 2.38. The highest BCUT2D eigenvalue weighted by atomic mass is 35.5. The topological polar surface area (TPSA) is 46.3 Å². The van der Waals surface area contributed by atoms with Crippen LogP contribution in [-0.4, -0.2) is 11.9 Å². The van der Waals surface area contributed by atoms with Crippen LogP contribution in [0, 0.1) is 0 Å². The lowest BCUT2D eigenvalue weighted by atomic mass is 9.88. The van der Waals surface area contributed by atoms with Gasteiger partial charge in [0.15, 0.2) is 0 Å². The van der Waals surface area contributed by atoms with Crippen LogP contribution in [0.15, 0.2) is 54.6 Å². The fraction of sp³-hybridized carbons (Fsp3) is 0.133. The Bertz CT molecular complexity index is 597. The number of benzene rings is 2. The molecule has 0 radical (unpaired) electrons. The Morgan fingerprint density at radius 1 is 1.00 bits per heavy atom. The Morgan fingerprint density at radius 2 is 1.63 bits per heavy atom. The van der Waals surface area contributed by atoms with Crippen LogP contribution in [0.3, 0.4) is 0 Å². The van der Waals surface area contributed by atoms with Gasteiger partial charge in [-0.3, -0.25) is 4.79 Å². The minimum absolute atomic E-state index is 0.0591. The van der Waals surface area contributed by atoms with Crippen molar-refractivity contribution in [1.82, 2.24) is 0 Å². The Balaban J connectivity index is 1.96. The van der Waals surface area contributed by atoms with Gasteiger partial charge in [-0.25, -0.2) is 0 Å². The van der Waals surface area contributed by atoms with Gasteiger partial charge in [0.05, 0.1) is 6.04 Å². The van der Waals surface area contributed by atoms with Crippen LogP contribution in [0.1, 0.15) is 11.6 Å². The summed E-state index contributed by atoms with van der Waals surface area (Å²) in [5.74, 6) is -0.0591. The van der Waals surface area contributed by atoms with E-state index in [0.29, 0.717) is 5.02 Å². The lowest BCUT2D eigenvalue weighted by Crippen LogP contribution is -2.63. The number of amides is 1. The summed E-state index contributed by atoms with van der Waals surface area (Å²) < 4.78 is 0. The third kappa shape index (κ3) is 2.01. The van der Waals surface area contributed by atoms with Gasteiger partial charge < -0.3 is 10.6 Å². The number of carbonyl (C=O) groups excluding carboxylic acids is 1. The number of β-lactam (4-membered cyclic amide) rings is 1. The van der Waals surface area contributed by atoms with E-state index in [9.17, 15) is 4.79 Å². The van der Waals surface area contributed by atoms with E-state index < -0.39 is 6.04 Å². The second-order valence-corrected chi connectivity index (χ2v) is 5.00. The van der Waals surface area contributed by atoms with Gasteiger partial charge >= 0.3 is 0 Å². The smallest absolute Gasteiger partial charge is 0.247 e.